The van der Waals surface area contributed by atoms with E-state index in [4.69, 9.17) is 0 Å². The van der Waals surface area contributed by atoms with E-state index >= 15 is 0 Å². The summed E-state index contributed by atoms with van der Waals surface area (Å²) in [6.45, 7) is 4.91. The van der Waals surface area contributed by atoms with Crippen LogP contribution in [-0.4, -0.2) is 67.5 Å². The zero-order valence-corrected chi connectivity index (χ0v) is 25.7. The Morgan fingerprint density at radius 2 is 1.62 bits per heavy atom. The van der Waals surface area contributed by atoms with E-state index in [2.05, 4.69) is 27.1 Å². The predicted molar refractivity (Wildman–Crippen MR) is 164 cm³/mol. The number of hydrogen-bond donors (Lipinski definition) is 2. The van der Waals surface area contributed by atoms with Crippen LogP contribution in [0.4, 0.5) is 0 Å². The van der Waals surface area contributed by atoms with Gasteiger partial charge in [0.15, 0.2) is 0 Å². The molecule has 1 saturated carbocycles. The average molecular weight is 605 g/mol. The van der Waals surface area contributed by atoms with Gasteiger partial charge in [-0.2, -0.15) is 0 Å². The van der Waals surface area contributed by atoms with Crippen LogP contribution in [0.15, 0.2) is 29.1 Å². The fourth-order valence-corrected chi connectivity index (χ4v) is 7.53. The first-order chi connectivity index (χ1) is 17.9. The molecule has 3 atom stereocenters. The Hall–Kier alpha value is -1.10. The fraction of sp³-hybridized carbons (Fsp3) is 0.750. The lowest BCUT2D eigenvalue weighted by molar-refractivity contribution is 0.103. The van der Waals surface area contributed by atoms with Crippen molar-refractivity contribution in [2.24, 2.45) is 11.8 Å². The molecular weight excluding hydrogens is 557 g/mol. The van der Waals surface area contributed by atoms with Gasteiger partial charge in [0.25, 0.3) is 0 Å². The molecule has 3 aliphatic rings. The number of halogens is 2. The van der Waals surface area contributed by atoms with Crippen LogP contribution in [0.1, 0.15) is 70.3 Å². The molecule has 5 rings (SSSR count). The zero-order chi connectivity index (χ0) is 25.8. The molecule has 1 aromatic carbocycles. The molecule has 2 N–H and O–H groups in total. The molecule has 2 saturated heterocycles. The number of para-hydroxylation sites is 2. The Kier molecular flexibility index (Phi) is 12.2. The molecule has 2 aromatic rings. The van der Waals surface area contributed by atoms with Crippen molar-refractivity contribution in [1.82, 2.24) is 24.1 Å². The van der Waals surface area contributed by atoms with E-state index in [-0.39, 0.29) is 42.5 Å². The van der Waals surface area contributed by atoms with Gasteiger partial charge in [0, 0.05) is 50.7 Å². The van der Waals surface area contributed by atoms with Crippen molar-refractivity contribution in [3.63, 3.8) is 0 Å². The fourth-order valence-electron chi connectivity index (χ4n) is 7.01. The van der Waals surface area contributed by atoms with Gasteiger partial charge >= 0.3 is 5.69 Å². The summed E-state index contributed by atoms with van der Waals surface area (Å²) < 4.78 is 30.8. The summed E-state index contributed by atoms with van der Waals surface area (Å²) in [5, 5.41) is 3.53. The van der Waals surface area contributed by atoms with Gasteiger partial charge in [-0.05, 0) is 56.7 Å². The van der Waals surface area contributed by atoms with E-state index in [1.807, 2.05) is 21.3 Å². The van der Waals surface area contributed by atoms with Gasteiger partial charge in [-0.25, -0.2) is 17.9 Å². The van der Waals surface area contributed by atoms with E-state index < -0.39 is 10.0 Å². The highest BCUT2D eigenvalue weighted by Crippen LogP contribution is 2.32. The highest BCUT2D eigenvalue weighted by Gasteiger charge is 2.34. The number of rotatable bonds is 8. The lowest BCUT2D eigenvalue weighted by Gasteiger charge is -2.40. The summed E-state index contributed by atoms with van der Waals surface area (Å²) in [6, 6.07) is 8.41. The monoisotopic (exact) mass is 603 g/mol. The molecule has 3 heterocycles. The van der Waals surface area contributed by atoms with Crippen molar-refractivity contribution in [2.45, 2.75) is 82.8 Å². The molecule has 0 amide bonds. The number of benzene rings is 1. The van der Waals surface area contributed by atoms with Crippen molar-refractivity contribution >= 4 is 45.9 Å². The summed E-state index contributed by atoms with van der Waals surface area (Å²) in [4.78, 5) is 16.5. The number of sulfonamides is 1. The maximum Gasteiger partial charge on any atom is 0.329 e. The number of likely N-dealkylation sites (tertiary alicyclic amines) is 1. The van der Waals surface area contributed by atoms with Gasteiger partial charge in [0.1, 0.15) is 0 Å². The third-order valence-electron chi connectivity index (χ3n) is 8.89. The maximum atomic E-state index is 13.9. The second-order valence-electron chi connectivity index (χ2n) is 11.8. The number of nitrogens with zero attached hydrogens (tertiary/aromatic N) is 3. The van der Waals surface area contributed by atoms with E-state index in [9.17, 15) is 13.2 Å². The van der Waals surface area contributed by atoms with Gasteiger partial charge < -0.3 is 10.2 Å². The topological polar surface area (TPSA) is 88.4 Å². The molecule has 2 aliphatic heterocycles. The van der Waals surface area contributed by atoms with Crippen LogP contribution >= 0.6 is 24.8 Å². The van der Waals surface area contributed by atoms with Crippen LogP contribution in [0.5, 0.6) is 0 Å². The van der Waals surface area contributed by atoms with Gasteiger partial charge in [0.2, 0.25) is 10.0 Å². The standard InChI is InChI=1S/C28H45N5O3S.2ClH/c1-37(35,36)30-18-23-20-31(19-22-10-5-3-2-4-6-11-22)17-15-25(23)33-27-14-8-7-13-26(27)32(28(33)34)21-24-12-9-16-29-24;;/h7-8,13-14,22-25,29-30H,2-6,9-12,15-21H2,1H3;2*1H/t23-,24+,25-;;/m1../s1. The number of aromatic nitrogens is 2. The minimum absolute atomic E-state index is 0. The van der Waals surface area contributed by atoms with Crippen LogP contribution in [-0.2, 0) is 16.6 Å². The first-order valence-electron chi connectivity index (χ1n) is 14.5. The Balaban J connectivity index is 0.00000210. The SMILES string of the molecule is CS(=O)(=O)NC[C@@H]1CN(CC2CCCCCCC2)CC[C@H]1n1c(=O)n(C[C@@H]2CCCN2)c2ccccc21.Cl.Cl. The van der Waals surface area contributed by atoms with Crippen LogP contribution in [0.2, 0.25) is 0 Å². The van der Waals surface area contributed by atoms with Crippen LogP contribution in [0.3, 0.4) is 0 Å². The van der Waals surface area contributed by atoms with Crippen LogP contribution in [0.25, 0.3) is 11.0 Å². The molecule has 0 spiro atoms. The second-order valence-corrected chi connectivity index (χ2v) is 13.6. The third-order valence-corrected chi connectivity index (χ3v) is 9.58. The van der Waals surface area contributed by atoms with Gasteiger partial charge in [-0.3, -0.25) is 9.13 Å². The van der Waals surface area contributed by atoms with Crippen LogP contribution in [0, 0.1) is 11.8 Å². The number of hydrogen-bond acceptors (Lipinski definition) is 5. The van der Waals surface area contributed by atoms with Crippen molar-refractivity contribution in [3.05, 3.63) is 34.7 Å². The summed E-state index contributed by atoms with van der Waals surface area (Å²) in [5.41, 5.74) is 1.99. The molecule has 3 fully saturated rings. The number of imidazole rings is 1. The third kappa shape index (κ3) is 8.23. The number of fused-ring (bicyclic) bond motifs is 1. The van der Waals surface area contributed by atoms with E-state index in [1.54, 1.807) is 0 Å². The lowest BCUT2D eigenvalue weighted by atomic mass is 9.88. The Morgan fingerprint density at radius 3 is 2.28 bits per heavy atom. The molecule has 11 heteroatoms. The second kappa shape index (κ2) is 14.7. The van der Waals surface area contributed by atoms with Crippen molar-refractivity contribution in [1.29, 1.82) is 0 Å². The highest BCUT2D eigenvalue weighted by atomic mass is 35.5. The number of piperidine rings is 1. The predicted octanol–water partition coefficient (Wildman–Crippen LogP) is 4.17. The van der Waals surface area contributed by atoms with Crippen molar-refractivity contribution in [2.75, 3.05) is 39.0 Å². The zero-order valence-electron chi connectivity index (χ0n) is 23.2. The molecule has 1 aromatic heterocycles. The quantitative estimate of drug-likeness (QED) is 0.473. The van der Waals surface area contributed by atoms with Gasteiger partial charge in [-0.15, -0.1) is 24.8 Å². The van der Waals surface area contributed by atoms with Crippen molar-refractivity contribution < 1.29 is 8.42 Å². The minimum atomic E-state index is -3.32. The first kappa shape index (κ1) is 32.4. The van der Waals surface area contributed by atoms with E-state index in [0.717, 1.165) is 62.4 Å². The molecular formula is C28H47Cl2N5O3S. The average Bonchev–Trinajstić information content (AvgIpc) is 3.46. The normalized spacial score (nSPS) is 25.5. The Bertz CT molecular complexity index is 1200. The molecule has 0 unspecified atom stereocenters. The maximum absolute atomic E-state index is 13.9. The summed E-state index contributed by atoms with van der Waals surface area (Å²) >= 11 is 0. The molecule has 8 nitrogen and oxygen atoms in total. The molecule has 0 radical (unpaired) electrons. The first-order valence-corrected chi connectivity index (χ1v) is 16.4. The molecule has 222 valence electrons. The smallest absolute Gasteiger partial charge is 0.312 e. The van der Waals surface area contributed by atoms with Crippen molar-refractivity contribution in [3.8, 4) is 0 Å². The molecule has 39 heavy (non-hydrogen) atoms. The Labute approximate surface area is 246 Å². The lowest BCUT2D eigenvalue weighted by Crippen LogP contribution is -2.49. The largest absolute Gasteiger partial charge is 0.329 e. The van der Waals surface area contributed by atoms with Gasteiger partial charge in [-0.1, -0.05) is 44.2 Å². The Morgan fingerprint density at radius 1 is 0.923 bits per heavy atom. The summed E-state index contributed by atoms with van der Waals surface area (Å²) in [7, 11) is -3.32. The van der Waals surface area contributed by atoms with Crippen LogP contribution < -0.4 is 15.7 Å². The molecule has 0 bridgehead atoms. The summed E-state index contributed by atoms with van der Waals surface area (Å²) in [5.74, 6) is 0.766. The van der Waals surface area contributed by atoms with E-state index in [0.29, 0.717) is 19.1 Å². The summed E-state index contributed by atoms with van der Waals surface area (Å²) in [6.07, 6.45) is 13.6. The number of nitrogens with one attached hydrogen (secondary N) is 2. The van der Waals surface area contributed by atoms with Gasteiger partial charge in [0.05, 0.1) is 17.3 Å². The minimum Gasteiger partial charge on any atom is -0.312 e. The van der Waals surface area contributed by atoms with E-state index in [1.165, 1.54) is 51.2 Å². The molecule has 1 aliphatic carbocycles. The highest BCUT2D eigenvalue weighted by molar-refractivity contribution is 7.88.